The van der Waals surface area contributed by atoms with Crippen molar-refractivity contribution in [2.75, 3.05) is 12.3 Å². The third-order valence-electron chi connectivity index (χ3n) is 5.56. The number of rotatable bonds is 6. The van der Waals surface area contributed by atoms with Crippen molar-refractivity contribution in [3.63, 3.8) is 0 Å². The Morgan fingerprint density at radius 2 is 1.86 bits per heavy atom. The number of aromatic nitrogens is 2. The number of aliphatic hydroxyl groups is 1. The quantitative estimate of drug-likeness (QED) is 0.693. The molecular formula is C23H25N3O2. The van der Waals surface area contributed by atoms with Gasteiger partial charge in [-0.15, -0.1) is 0 Å². The van der Waals surface area contributed by atoms with Gasteiger partial charge in [-0.2, -0.15) is 0 Å². The smallest absolute Gasteiger partial charge is 0.254 e. The van der Waals surface area contributed by atoms with Gasteiger partial charge in [-0.3, -0.25) is 9.36 Å². The van der Waals surface area contributed by atoms with E-state index in [9.17, 15) is 4.79 Å². The van der Waals surface area contributed by atoms with Crippen LogP contribution in [-0.4, -0.2) is 21.3 Å². The van der Waals surface area contributed by atoms with Crippen LogP contribution in [0.4, 0.5) is 5.95 Å². The Hall–Kier alpha value is -2.92. The standard InChI is InChI=1S/C23H25N3O2/c1-26-22(28)14-21(25-23(26)24)20-13-19(20)18-9-3-8-17(12-18)16-7-2-5-15(11-16)6-4-10-27/h2-3,5,7-9,11-12,14,19-20,27H,4,6,10,13H2,1H3,(H2,24,25)/t19-,20-/m0/s1. The molecule has 0 aliphatic heterocycles. The van der Waals surface area contributed by atoms with Crippen LogP contribution in [0.25, 0.3) is 11.1 Å². The molecule has 3 aromatic rings. The van der Waals surface area contributed by atoms with Gasteiger partial charge in [0.1, 0.15) is 0 Å². The Morgan fingerprint density at radius 3 is 2.61 bits per heavy atom. The molecule has 0 amide bonds. The molecule has 5 nitrogen and oxygen atoms in total. The van der Waals surface area contributed by atoms with Gasteiger partial charge in [-0.1, -0.05) is 48.5 Å². The molecule has 28 heavy (non-hydrogen) atoms. The first-order valence-electron chi connectivity index (χ1n) is 9.70. The van der Waals surface area contributed by atoms with Crippen molar-refractivity contribution in [1.82, 2.24) is 9.55 Å². The summed E-state index contributed by atoms with van der Waals surface area (Å²) in [4.78, 5) is 16.4. The highest BCUT2D eigenvalue weighted by atomic mass is 16.2. The summed E-state index contributed by atoms with van der Waals surface area (Å²) in [6.07, 6.45) is 2.64. The molecule has 1 fully saturated rings. The van der Waals surface area contributed by atoms with Gasteiger partial charge in [0, 0.05) is 25.6 Å². The third-order valence-corrected chi connectivity index (χ3v) is 5.56. The number of aryl methyl sites for hydroxylation is 1. The van der Waals surface area contributed by atoms with Crippen LogP contribution < -0.4 is 11.3 Å². The van der Waals surface area contributed by atoms with E-state index in [1.807, 2.05) is 0 Å². The molecule has 1 heterocycles. The van der Waals surface area contributed by atoms with Crippen molar-refractivity contribution in [3.8, 4) is 11.1 Å². The van der Waals surface area contributed by atoms with Gasteiger partial charge in [0.25, 0.3) is 5.56 Å². The van der Waals surface area contributed by atoms with Gasteiger partial charge >= 0.3 is 0 Å². The van der Waals surface area contributed by atoms with Crippen LogP contribution >= 0.6 is 0 Å². The highest BCUT2D eigenvalue weighted by Crippen LogP contribution is 2.54. The first kappa shape index (κ1) is 18.4. The Labute approximate surface area is 164 Å². The monoisotopic (exact) mass is 375 g/mol. The lowest BCUT2D eigenvalue weighted by Crippen LogP contribution is -2.21. The minimum atomic E-state index is -0.110. The number of hydrogen-bond donors (Lipinski definition) is 2. The molecule has 0 saturated heterocycles. The molecule has 1 aliphatic rings. The topological polar surface area (TPSA) is 81.1 Å². The zero-order valence-electron chi connectivity index (χ0n) is 16.0. The first-order valence-corrected chi connectivity index (χ1v) is 9.70. The molecule has 0 bridgehead atoms. The van der Waals surface area contributed by atoms with Crippen LogP contribution in [0.2, 0.25) is 0 Å². The molecule has 0 radical (unpaired) electrons. The lowest BCUT2D eigenvalue weighted by molar-refractivity contribution is 0.288. The second-order valence-corrected chi connectivity index (χ2v) is 7.54. The number of anilines is 1. The minimum Gasteiger partial charge on any atom is -0.396 e. The van der Waals surface area contributed by atoms with Gasteiger partial charge in [0.05, 0.1) is 5.69 Å². The average Bonchev–Trinajstić information content (AvgIpc) is 3.51. The van der Waals surface area contributed by atoms with Gasteiger partial charge in [0.2, 0.25) is 5.95 Å². The maximum Gasteiger partial charge on any atom is 0.254 e. The van der Waals surface area contributed by atoms with E-state index in [2.05, 4.69) is 53.5 Å². The molecule has 1 aromatic heterocycles. The summed E-state index contributed by atoms with van der Waals surface area (Å²) in [7, 11) is 1.64. The molecule has 2 aromatic carbocycles. The molecule has 1 saturated carbocycles. The van der Waals surface area contributed by atoms with Crippen molar-refractivity contribution in [2.24, 2.45) is 7.05 Å². The summed E-state index contributed by atoms with van der Waals surface area (Å²) in [5, 5.41) is 9.05. The maximum atomic E-state index is 12.0. The maximum absolute atomic E-state index is 12.0. The Bertz CT molecular complexity index is 1060. The third kappa shape index (κ3) is 3.71. The van der Waals surface area contributed by atoms with Gasteiger partial charge in [-0.25, -0.2) is 4.98 Å². The first-order chi connectivity index (χ1) is 13.6. The second-order valence-electron chi connectivity index (χ2n) is 7.54. The van der Waals surface area contributed by atoms with E-state index in [1.54, 1.807) is 13.1 Å². The number of benzene rings is 2. The van der Waals surface area contributed by atoms with E-state index >= 15 is 0 Å². The summed E-state index contributed by atoms with van der Waals surface area (Å²) in [6.45, 7) is 0.212. The molecule has 3 N–H and O–H groups in total. The number of nitrogens with two attached hydrogens (primary N) is 1. The predicted molar refractivity (Wildman–Crippen MR) is 111 cm³/mol. The molecule has 0 spiro atoms. The fraction of sp³-hybridized carbons (Fsp3) is 0.304. The van der Waals surface area contributed by atoms with E-state index in [0.717, 1.165) is 25.0 Å². The van der Waals surface area contributed by atoms with E-state index in [1.165, 1.54) is 26.8 Å². The molecular weight excluding hydrogens is 350 g/mol. The molecule has 5 heteroatoms. The Kier molecular flexibility index (Phi) is 5.01. The van der Waals surface area contributed by atoms with Gasteiger partial charge in [0.15, 0.2) is 0 Å². The van der Waals surface area contributed by atoms with Crippen molar-refractivity contribution >= 4 is 5.95 Å². The molecule has 4 rings (SSSR count). The summed E-state index contributed by atoms with van der Waals surface area (Å²) in [5.41, 5.74) is 11.4. The minimum absolute atomic E-state index is 0.110. The van der Waals surface area contributed by atoms with Gasteiger partial charge < -0.3 is 10.8 Å². The normalized spacial score (nSPS) is 18.2. The van der Waals surface area contributed by atoms with Crippen molar-refractivity contribution in [2.45, 2.75) is 31.1 Å². The van der Waals surface area contributed by atoms with Crippen molar-refractivity contribution in [3.05, 3.63) is 81.8 Å². The van der Waals surface area contributed by atoms with E-state index in [4.69, 9.17) is 10.8 Å². The van der Waals surface area contributed by atoms with Gasteiger partial charge in [-0.05, 0) is 47.4 Å². The summed E-state index contributed by atoms with van der Waals surface area (Å²) in [5.74, 6) is 0.889. The van der Waals surface area contributed by atoms with Crippen LogP contribution in [0.5, 0.6) is 0 Å². The largest absolute Gasteiger partial charge is 0.396 e. The number of nitrogens with zero attached hydrogens (tertiary/aromatic N) is 2. The molecule has 1 aliphatic carbocycles. The Balaban J connectivity index is 1.57. The van der Waals surface area contributed by atoms with E-state index in [0.29, 0.717) is 5.92 Å². The fourth-order valence-electron chi connectivity index (χ4n) is 3.79. The van der Waals surface area contributed by atoms with E-state index < -0.39 is 0 Å². The molecule has 2 atom stereocenters. The average molecular weight is 375 g/mol. The summed E-state index contributed by atoms with van der Waals surface area (Å²) in [6, 6.07) is 18.7. The van der Waals surface area contributed by atoms with Crippen LogP contribution in [0.1, 0.15) is 41.5 Å². The number of hydrogen-bond acceptors (Lipinski definition) is 4. The van der Waals surface area contributed by atoms with Crippen LogP contribution in [0, 0.1) is 0 Å². The molecule has 144 valence electrons. The molecule has 0 unspecified atom stereocenters. The Morgan fingerprint density at radius 1 is 1.11 bits per heavy atom. The van der Waals surface area contributed by atoms with Crippen molar-refractivity contribution in [1.29, 1.82) is 0 Å². The summed E-state index contributed by atoms with van der Waals surface area (Å²) >= 11 is 0. The second kappa shape index (κ2) is 7.60. The zero-order chi connectivity index (χ0) is 19.7. The highest BCUT2D eigenvalue weighted by molar-refractivity contribution is 5.65. The summed E-state index contributed by atoms with van der Waals surface area (Å²) < 4.78 is 1.37. The van der Waals surface area contributed by atoms with Crippen LogP contribution in [0.15, 0.2) is 59.4 Å². The lowest BCUT2D eigenvalue weighted by atomic mass is 9.97. The van der Waals surface area contributed by atoms with E-state index in [-0.39, 0.29) is 24.0 Å². The van der Waals surface area contributed by atoms with Crippen molar-refractivity contribution < 1.29 is 5.11 Å². The zero-order valence-corrected chi connectivity index (χ0v) is 16.0. The van der Waals surface area contributed by atoms with Crippen LogP contribution in [0.3, 0.4) is 0 Å². The predicted octanol–water partition coefficient (Wildman–Crippen LogP) is 3.23. The van der Waals surface area contributed by atoms with Crippen LogP contribution in [-0.2, 0) is 13.5 Å². The number of nitrogen functional groups attached to an aromatic ring is 1. The lowest BCUT2D eigenvalue weighted by Gasteiger charge is -2.08. The number of aliphatic hydroxyl groups excluding tert-OH is 1. The fourth-order valence-corrected chi connectivity index (χ4v) is 3.79. The SMILES string of the molecule is Cn1c(N)nc([C@H]2C[C@H]2c2cccc(-c3cccc(CCCO)c3)c2)cc1=O. The highest BCUT2D eigenvalue weighted by Gasteiger charge is 2.41.